The molecule has 64 heavy (non-hydrogen) atoms. The van der Waals surface area contributed by atoms with Gasteiger partial charge in [-0.1, -0.05) is 158 Å². The molecule has 0 unspecified atom stereocenters. The van der Waals surface area contributed by atoms with E-state index in [0.29, 0.717) is 17.5 Å². The maximum Gasteiger partial charge on any atom is 0.164 e. The van der Waals surface area contributed by atoms with Crippen LogP contribution in [0.5, 0.6) is 0 Å². The van der Waals surface area contributed by atoms with Crippen LogP contribution in [0.2, 0.25) is 0 Å². The van der Waals surface area contributed by atoms with E-state index in [2.05, 4.69) is 211 Å². The summed E-state index contributed by atoms with van der Waals surface area (Å²) in [5.41, 5.74) is 6.42. The van der Waals surface area contributed by atoms with Crippen LogP contribution >= 0.6 is 11.3 Å². The number of rotatable bonds is 4. The normalized spacial score (nSPS) is 12.1. The summed E-state index contributed by atoms with van der Waals surface area (Å²) in [5, 5.41) is 16.5. The third-order valence-corrected chi connectivity index (χ3v) is 14.4. The molecule has 11 aromatic carbocycles. The number of hydrogen-bond acceptors (Lipinski definition) is 4. The Kier molecular flexibility index (Phi) is 7.53. The van der Waals surface area contributed by atoms with Gasteiger partial charge in [0.25, 0.3) is 0 Å². The summed E-state index contributed by atoms with van der Waals surface area (Å²) in [4.78, 5) is 16.5. The van der Waals surface area contributed by atoms with E-state index in [1.54, 1.807) is 0 Å². The van der Waals surface area contributed by atoms with E-state index >= 15 is 0 Å². The fraction of sp³-hybridized carbons (Fsp3) is 0. The molecule has 0 fully saturated rings. The molecule has 0 bridgehead atoms. The van der Waals surface area contributed by atoms with Gasteiger partial charge in [-0.15, -0.1) is 11.3 Å². The highest BCUT2D eigenvalue weighted by Gasteiger charge is 2.23. The molecular weight excluding hydrogens is 797 g/mol. The summed E-state index contributed by atoms with van der Waals surface area (Å²) in [7, 11) is 0. The van der Waals surface area contributed by atoms with Crippen LogP contribution < -0.4 is 0 Å². The second kappa shape index (κ2) is 13.6. The molecule has 4 nitrogen and oxygen atoms in total. The molecular formula is C59H34N4S. The summed E-state index contributed by atoms with van der Waals surface area (Å²) < 4.78 is 4.86. The minimum Gasteiger partial charge on any atom is -0.308 e. The highest BCUT2D eigenvalue weighted by atomic mass is 32.1. The number of thiophene rings is 1. The van der Waals surface area contributed by atoms with Crippen LogP contribution in [-0.2, 0) is 0 Å². The Balaban J connectivity index is 1.10. The van der Waals surface area contributed by atoms with E-state index in [-0.39, 0.29) is 0 Å². The largest absolute Gasteiger partial charge is 0.308 e. The molecule has 14 aromatic rings. The van der Waals surface area contributed by atoms with Crippen LogP contribution in [-0.4, -0.2) is 19.5 Å². The number of fused-ring (bicyclic) bond motifs is 13. The van der Waals surface area contributed by atoms with Crippen molar-refractivity contribution in [2.45, 2.75) is 0 Å². The average Bonchev–Trinajstić information content (AvgIpc) is 3.91. The number of nitrogens with zero attached hydrogens (tertiary/aromatic N) is 4. The van der Waals surface area contributed by atoms with Crippen molar-refractivity contribution in [1.29, 1.82) is 0 Å². The summed E-state index contributed by atoms with van der Waals surface area (Å²) in [5.74, 6) is 1.93. The van der Waals surface area contributed by atoms with Crippen LogP contribution in [0.15, 0.2) is 206 Å². The van der Waals surface area contributed by atoms with Crippen molar-refractivity contribution >= 4 is 107 Å². The lowest BCUT2D eigenvalue weighted by atomic mass is 9.96. The zero-order chi connectivity index (χ0) is 41.9. The molecule has 0 amide bonds. The lowest BCUT2D eigenvalue weighted by molar-refractivity contribution is 1.08. The van der Waals surface area contributed by atoms with E-state index in [4.69, 9.17) is 15.0 Å². The number of benzene rings is 11. The van der Waals surface area contributed by atoms with Gasteiger partial charge < -0.3 is 4.57 Å². The van der Waals surface area contributed by atoms with Gasteiger partial charge in [0, 0.05) is 42.9 Å². The van der Waals surface area contributed by atoms with E-state index in [1.807, 2.05) is 11.3 Å². The van der Waals surface area contributed by atoms with Crippen molar-refractivity contribution in [2.75, 3.05) is 0 Å². The summed E-state index contributed by atoms with van der Waals surface area (Å²) in [6, 6.07) is 74.4. The highest BCUT2D eigenvalue weighted by Crippen LogP contribution is 2.46. The summed E-state index contributed by atoms with van der Waals surface area (Å²) in [6.45, 7) is 0. The SMILES string of the molecule is c1ccc2cc3c(cc2c1)c1ccccc1n3-c1ccc(-c2nc(-c3cc4ccccc4c4ccccc34)nc(-c3cc4ccccc4c4ccccc34)n2)c2c1sc1ccccc12. The van der Waals surface area contributed by atoms with Gasteiger partial charge in [0.05, 0.1) is 21.4 Å². The van der Waals surface area contributed by atoms with Gasteiger partial charge in [-0.05, 0) is 102 Å². The predicted octanol–water partition coefficient (Wildman–Crippen LogP) is 16.1. The molecule has 5 heteroatoms. The van der Waals surface area contributed by atoms with Crippen molar-refractivity contribution in [2.24, 2.45) is 0 Å². The fourth-order valence-electron chi connectivity index (χ4n) is 10.3. The van der Waals surface area contributed by atoms with E-state index in [0.717, 1.165) is 49.3 Å². The minimum absolute atomic E-state index is 0.641. The van der Waals surface area contributed by atoms with Crippen LogP contribution in [0.4, 0.5) is 0 Å². The molecule has 0 N–H and O–H groups in total. The van der Waals surface area contributed by atoms with Gasteiger partial charge in [-0.2, -0.15) is 0 Å². The summed E-state index contributed by atoms with van der Waals surface area (Å²) in [6.07, 6.45) is 0. The molecule has 0 aliphatic carbocycles. The lowest BCUT2D eigenvalue weighted by Gasteiger charge is -2.15. The molecule has 0 radical (unpaired) electrons. The first-order chi connectivity index (χ1) is 31.7. The predicted molar refractivity (Wildman–Crippen MR) is 271 cm³/mol. The first-order valence-electron chi connectivity index (χ1n) is 21.7. The van der Waals surface area contributed by atoms with Crippen molar-refractivity contribution in [1.82, 2.24) is 19.5 Å². The van der Waals surface area contributed by atoms with Crippen molar-refractivity contribution in [3.05, 3.63) is 206 Å². The van der Waals surface area contributed by atoms with Crippen LogP contribution in [0.1, 0.15) is 0 Å². The average molecular weight is 831 g/mol. The molecule has 0 spiro atoms. The van der Waals surface area contributed by atoms with Gasteiger partial charge in [0.2, 0.25) is 0 Å². The fourth-order valence-corrected chi connectivity index (χ4v) is 11.5. The van der Waals surface area contributed by atoms with Gasteiger partial charge in [0.1, 0.15) is 0 Å². The molecule has 3 heterocycles. The Morgan fingerprint density at radius 2 is 0.781 bits per heavy atom. The molecule has 0 atom stereocenters. The number of aromatic nitrogens is 4. The Morgan fingerprint density at radius 3 is 1.41 bits per heavy atom. The number of hydrogen-bond donors (Lipinski definition) is 0. The van der Waals surface area contributed by atoms with E-state index in [1.165, 1.54) is 68.9 Å². The van der Waals surface area contributed by atoms with Crippen LogP contribution in [0.25, 0.3) is 136 Å². The smallest absolute Gasteiger partial charge is 0.164 e. The highest BCUT2D eigenvalue weighted by molar-refractivity contribution is 7.26. The first-order valence-corrected chi connectivity index (χ1v) is 22.5. The molecule has 0 saturated heterocycles. The third-order valence-electron chi connectivity index (χ3n) is 13.2. The van der Waals surface area contributed by atoms with Crippen molar-refractivity contribution < 1.29 is 0 Å². The van der Waals surface area contributed by atoms with E-state index in [9.17, 15) is 0 Å². The van der Waals surface area contributed by atoms with E-state index < -0.39 is 0 Å². The summed E-state index contributed by atoms with van der Waals surface area (Å²) >= 11 is 1.83. The zero-order valence-corrected chi connectivity index (χ0v) is 35.1. The monoisotopic (exact) mass is 830 g/mol. The standard InChI is InChI=1S/C59H34N4S/c1-2-16-36-34-53-48(31-35(36)15-1)45-25-11-13-27-51(45)63(53)52-30-29-47(55-46-26-12-14-28-54(46)64-56(52)55)57-60-58(49-32-37-17-3-5-19-39(37)41-21-7-9-23-43(41)49)62-59(61-57)50-33-38-18-4-6-20-40(38)42-22-8-10-24-44(42)50/h1-34H. The van der Waals surface area contributed by atoms with Gasteiger partial charge in [-0.3, -0.25) is 0 Å². The molecule has 0 aliphatic heterocycles. The molecule has 0 aliphatic rings. The Labute approximate surface area is 371 Å². The molecule has 296 valence electrons. The maximum atomic E-state index is 5.54. The zero-order valence-electron chi connectivity index (χ0n) is 34.3. The lowest BCUT2D eigenvalue weighted by Crippen LogP contribution is -2.02. The first kappa shape index (κ1) is 35.4. The maximum absolute atomic E-state index is 5.54. The molecule has 0 saturated carbocycles. The Morgan fingerprint density at radius 1 is 0.312 bits per heavy atom. The molecule has 14 rings (SSSR count). The second-order valence-corrected chi connectivity index (χ2v) is 17.7. The van der Waals surface area contributed by atoms with Crippen molar-refractivity contribution in [3.8, 4) is 39.9 Å². The van der Waals surface area contributed by atoms with Gasteiger partial charge >= 0.3 is 0 Å². The molecule has 3 aromatic heterocycles. The Hall–Kier alpha value is -8.25. The quantitative estimate of drug-likeness (QED) is 0.166. The van der Waals surface area contributed by atoms with Crippen LogP contribution in [0.3, 0.4) is 0 Å². The Bertz CT molecular complexity index is 4140. The van der Waals surface area contributed by atoms with Crippen LogP contribution in [0, 0.1) is 0 Å². The number of para-hydroxylation sites is 1. The third kappa shape index (κ3) is 5.19. The second-order valence-electron chi connectivity index (χ2n) is 16.7. The minimum atomic E-state index is 0.641. The topological polar surface area (TPSA) is 43.6 Å². The van der Waals surface area contributed by atoms with Crippen molar-refractivity contribution in [3.63, 3.8) is 0 Å². The van der Waals surface area contributed by atoms with Gasteiger partial charge in [-0.25, -0.2) is 15.0 Å². The van der Waals surface area contributed by atoms with Gasteiger partial charge in [0.15, 0.2) is 17.5 Å².